The largest absolute Gasteiger partial charge is 0.0651 e. The molecule has 0 heterocycles. The van der Waals surface area contributed by atoms with Crippen LogP contribution < -0.4 is 0 Å². The van der Waals surface area contributed by atoms with E-state index in [2.05, 4.69) is 97.9 Å². The first-order valence-electron chi connectivity index (χ1n) is 8.28. The molecule has 0 spiro atoms. The van der Waals surface area contributed by atoms with Gasteiger partial charge in [0.1, 0.15) is 0 Å². The SMILES string of the molecule is CCCc1ccc(C=Cc2ccccc2-c2ccccc2)cc1. The molecule has 0 radical (unpaired) electrons. The molecular formula is C23H22. The van der Waals surface area contributed by atoms with Crippen molar-refractivity contribution in [1.29, 1.82) is 0 Å². The summed E-state index contributed by atoms with van der Waals surface area (Å²) in [6.07, 6.45) is 6.75. The van der Waals surface area contributed by atoms with Gasteiger partial charge in [-0.1, -0.05) is 104 Å². The molecule has 0 unspecified atom stereocenters. The Hall–Kier alpha value is -2.60. The molecule has 0 fully saturated rings. The fourth-order valence-electron chi connectivity index (χ4n) is 2.79. The van der Waals surface area contributed by atoms with E-state index < -0.39 is 0 Å². The standard InChI is InChI=1S/C23H22/c1-2-8-19-13-15-20(16-14-19)17-18-22-11-6-7-12-23(22)21-9-4-3-5-10-21/h3-7,9-18H,2,8H2,1H3. The lowest BCUT2D eigenvalue weighted by atomic mass is 9.99. The van der Waals surface area contributed by atoms with Crippen molar-refractivity contribution in [3.05, 3.63) is 95.6 Å². The highest BCUT2D eigenvalue weighted by Crippen LogP contribution is 2.25. The molecular weight excluding hydrogens is 276 g/mol. The van der Waals surface area contributed by atoms with Crippen LogP contribution in [0.2, 0.25) is 0 Å². The van der Waals surface area contributed by atoms with E-state index in [0.29, 0.717) is 0 Å². The van der Waals surface area contributed by atoms with Crippen molar-refractivity contribution in [2.75, 3.05) is 0 Å². The van der Waals surface area contributed by atoms with Crippen LogP contribution in [0.3, 0.4) is 0 Å². The highest BCUT2D eigenvalue weighted by molar-refractivity contribution is 5.80. The summed E-state index contributed by atoms with van der Waals surface area (Å²) < 4.78 is 0. The van der Waals surface area contributed by atoms with Crippen molar-refractivity contribution in [1.82, 2.24) is 0 Å². The lowest BCUT2D eigenvalue weighted by Gasteiger charge is -2.06. The molecule has 0 aliphatic heterocycles. The van der Waals surface area contributed by atoms with Crippen LogP contribution in [0.5, 0.6) is 0 Å². The average molecular weight is 298 g/mol. The first-order valence-corrected chi connectivity index (χ1v) is 8.28. The Morgan fingerprint density at radius 2 is 1.39 bits per heavy atom. The van der Waals surface area contributed by atoms with Crippen molar-refractivity contribution >= 4 is 12.2 Å². The molecule has 0 aromatic heterocycles. The zero-order valence-corrected chi connectivity index (χ0v) is 13.6. The van der Waals surface area contributed by atoms with Gasteiger partial charge in [0.05, 0.1) is 0 Å². The Kier molecular flexibility index (Phi) is 5.06. The second-order valence-corrected chi connectivity index (χ2v) is 5.78. The predicted molar refractivity (Wildman–Crippen MR) is 101 cm³/mol. The summed E-state index contributed by atoms with van der Waals surface area (Å²) in [4.78, 5) is 0. The topological polar surface area (TPSA) is 0 Å². The molecule has 0 saturated heterocycles. The number of aryl methyl sites for hydroxylation is 1. The fraction of sp³-hybridized carbons (Fsp3) is 0.130. The highest BCUT2D eigenvalue weighted by atomic mass is 14.1. The van der Waals surface area contributed by atoms with E-state index in [4.69, 9.17) is 0 Å². The van der Waals surface area contributed by atoms with Crippen LogP contribution in [0.1, 0.15) is 30.0 Å². The van der Waals surface area contributed by atoms with Gasteiger partial charge in [0, 0.05) is 0 Å². The van der Waals surface area contributed by atoms with Crippen molar-refractivity contribution in [3.63, 3.8) is 0 Å². The lowest BCUT2D eigenvalue weighted by molar-refractivity contribution is 0.922. The van der Waals surface area contributed by atoms with Crippen LogP contribution in [-0.2, 0) is 6.42 Å². The summed E-state index contributed by atoms with van der Waals surface area (Å²) in [5.41, 5.74) is 6.43. The lowest BCUT2D eigenvalue weighted by Crippen LogP contribution is -1.83. The Bertz CT molecular complexity index is 765. The van der Waals surface area contributed by atoms with Gasteiger partial charge in [-0.25, -0.2) is 0 Å². The van der Waals surface area contributed by atoms with Crippen molar-refractivity contribution < 1.29 is 0 Å². The monoisotopic (exact) mass is 298 g/mol. The summed E-state index contributed by atoms with van der Waals surface area (Å²) in [6.45, 7) is 2.22. The molecule has 23 heavy (non-hydrogen) atoms. The third kappa shape index (κ3) is 3.98. The number of hydrogen-bond acceptors (Lipinski definition) is 0. The summed E-state index contributed by atoms with van der Waals surface area (Å²) in [6, 6.07) is 27.9. The van der Waals surface area contributed by atoms with Gasteiger partial charge >= 0.3 is 0 Å². The Labute approximate surface area is 139 Å². The van der Waals surface area contributed by atoms with Crippen molar-refractivity contribution in [3.8, 4) is 11.1 Å². The van der Waals surface area contributed by atoms with Crippen LogP contribution in [0.4, 0.5) is 0 Å². The number of hydrogen-bond donors (Lipinski definition) is 0. The molecule has 3 rings (SSSR count). The Morgan fingerprint density at radius 3 is 2.13 bits per heavy atom. The van der Waals surface area contributed by atoms with E-state index in [-0.39, 0.29) is 0 Å². The third-order valence-electron chi connectivity index (χ3n) is 4.02. The second-order valence-electron chi connectivity index (χ2n) is 5.78. The average Bonchev–Trinajstić information content (AvgIpc) is 2.62. The van der Waals surface area contributed by atoms with Gasteiger partial charge in [-0.3, -0.25) is 0 Å². The first kappa shape index (κ1) is 15.3. The van der Waals surface area contributed by atoms with E-state index in [1.165, 1.54) is 34.2 Å². The molecule has 0 aliphatic carbocycles. The summed E-state index contributed by atoms with van der Waals surface area (Å²) in [7, 11) is 0. The van der Waals surface area contributed by atoms with E-state index >= 15 is 0 Å². The van der Waals surface area contributed by atoms with E-state index in [1.807, 2.05) is 0 Å². The number of rotatable bonds is 5. The van der Waals surface area contributed by atoms with E-state index in [0.717, 1.165) is 6.42 Å². The fourth-order valence-corrected chi connectivity index (χ4v) is 2.79. The maximum Gasteiger partial charge on any atom is -0.0111 e. The van der Waals surface area contributed by atoms with Crippen LogP contribution in [0.25, 0.3) is 23.3 Å². The Balaban J connectivity index is 1.85. The normalized spacial score (nSPS) is 11.0. The second kappa shape index (κ2) is 7.60. The molecule has 0 nitrogen and oxygen atoms in total. The molecule has 3 aromatic rings. The van der Waals surface area contributed by atoms with Gasteiger partial charge in [0.25, 0.3) is 0 Å². The van der Waals surface area contributed by atoms with Gasteiger partial charge in [0.15, 0.2) is 0 Å². The van der Waals surface area contributed by atoms with Gasteiger partial charge < -0.3 is 0 Å². The zero-order valence-electron chi connectivity index (χ0n) is 13.6. The zero-order chi connectivity index (χ0) is 15.9. The van der Waals surface area contributed by atoms with Crippen molar-refractivity contribution in [2.45, 2.75) is 19.8 Å². The molecule has 0 saturated carbocycles. The molecule has 3 aromatic carbocycles. The molecule has 0 N–H and O–H groups in total. The van der Waals surface area contributed by atoms with Gasteiger partial charge in [0.2, 0.25) is 0 Å². The van der Waals surface area contributed by atoms with Crippen LogP contribution >= 0.6 is 0 Å². The maximum atomic E-state index is 2.23. The van der Waals surface area contributed by atoms with Gasteiger partial charge in [-0.2, -0.15) is 0 Å². The van der Waals surface area contributed by atoms with E-state index in [1.54, 1.807) is 0 Å². The highest BCUT2D eigenvalue weighted by Gasteiger charge is 2.01. The first-order chi connectivity index (χ1) is 11.4. The maximum absolute atomic E-state index is 2.23. The van der Waals surface area contributed by atoms with Crippen LogP contribution in [0.15, 0.2) is 78.9 Å². The van der Waals surface area contributed by atoms with Crippen molar-refractivity contribution in [2.24, 2.45) is 0 Å². The molecule has 0 aliphatic rings. The quantitative estimate of drug-likeness (QED) is 0.473. The van der Waals surface area contributed by atoms with Gasteiger partial charge in [-0.15, -0.1) is 0 Å². The van der Waals surface area contributed by atoms with Crippen LogP contribution in [0, 0.1) is 0 Å². The third-order valence-corrected chi connectivity index (χ3v) is 4.02. The van der Waals surface area contributed by atoms with Crippen LogP contribution in [-0.4, -0.2) is 0 Å². The minimum Gasteiger partial charge on any atom is -0.0651 e. The Morgan fingerprint density at radius 1 is 0.696 bits per heavy atom. The predicted octanol–water partition coefficient (Wildman–Crippen LogP) is 6.48. The minimum absolute atomic E-state index is 1.15. The molecule has 0 heteroatoms. The molecule has 0 amide bonds. The molecule has 0 bridgehead atoms. The van der Waals surface area contributed by atoms with Gasteiger partial charge in [-0.05, 0) is 34.2 Å². The smallest absolute Gasteiger partial charge is 0.0111 e. The molecule has 114 valence electrons. The van der Waals surface area contributed by atoms with E-state index in [9.17, 15) is 0 Å². The molecule has 0 atom stereocenters. The minimum atomic E-state index is 1.15. The summed E-state index contributed by atoms with van der Waals surface area (Å²) in [5, 5.41) is 0. The number of benzene rings is 3. The summed E-state index contributed by atoms with van der Waals surface area (Å²) >= 11 is 0. The summed E-state index contributed by atoms with van der Waals surface area (Å²) in [5.74, 6) is 0.